The number of likely N-dealkylation sites (N-methyl/N-ethyl adjacent to an activating group) is 1. The van der Waals surface area contributed by atoms with Crippen molar-refractivity contribution in [3.05, 3.63) is 62.5 Å². The molecule has 2 heterocycles. The van der Waals surface area contributed by atoms with Gasteiger partial charge in [0.2, 0.25) is 11.8 Å². The predicted octanol–water partition coefficient (Wildman–Crippen LogP) is 4.77. The molecule has 0 saturated carbocycles. The summed E-state index contributed by atoms with van der Waals surface area (Å²) in [5.74, 6) is 1.34. The van der Waals surface area contributed by atoms with E-state index in [1.807, 2.05) is 47.4 Å². The van der Waals surface area contributed by atoms with Gasteiger partial charge in [0.15, 0.2) is 0 Å². The van der Waals surface area contributed by atoms with Crippen molar-refractivity contribution in [2.24, 2.45) is 0 Å². The van der Waals surface area contributed by atoms with Crippen LogP contribution in [0, 0.1) is 0 Å². The summed E-state index contributed by atoms with van der Waals surface area (Å²) in [5.41, 5.74) is 1.99. The first-order chi connectivity index (χ1) is 14.4. The third-order valence-corrected chi connectivity index (χ3v) is 8.35. The van der Waals surface area contributed by atoms with Crippen LogP contribution in [0.2, 0.25) is 0 Å². The van der Waals surface area contributed by atoms with E-state index in [4.69, 9.17) is 4.74 Å². The highest BCUT2D eigenvalue weighted by Crippen LogP contribution is 2.54. The number of ether oxygens (including phenoxy) is 1. The molecule has 2 atom stereocenters. The van der Waals surface area contributed by atoms with Gasteiger partial charge in [-0.15, -0.1) is 11.8 Å². The van der Waals surface area contributed by atoms with Crippen LogP contribution in [0.4, 0.5) is 0 Å². The molecule has 2 amide bonds. The quantitative estimate of drug-likeness (QED) is 0.535. The first kappa shape index (κ1) is 21.7. The zero-order valence-electron chi connectivity index (χ0n) is 16.7. The second-order valence-corrected chi connectivity index (χ2v) is 10.7. The van der Waals surface area contributed by atoms with Gasteiger partial charge in [0.25, 0.3) is 0 Å². The van der Waals surface area contributed by atoms with Crippen molar-refractivity contribution in [1.82, 2.24) is 9.80 Å². The van der Waals surface area contributed by atoms with E-state index in [1.54, 1.807) is 30.8 Å². The fourth-order valence-corrected chi connectivity index (χ4v) is 6.61. The van der Waals surface area contributed by atoms with Crippen LogP contribution in [-0.2, 0) is 21.0 Å². The van der Waals surface area contributed by atoms with E-state index >= 15 is 0 Å². The number of methoxy groups -OCH3 is 1. The zero-order chi connectivity index (χ0) is 21.5. The number of benzene rings is 2. The molecule has 2 aromatic carbocycles. The van der Waals surface area contributed by atoms with Gasteiger partial charge in [0.05, 0.1) is 7.11 Å². The molecule has 0 spiro atoms. The minimum Gasteiger partial charge on any atom is -0.496 e. The van der Waals surface area contributed by atoms with Gasteiger partial charge in [-0.1, -0.05) is 44.0 Å². The van der Waals surface area contributed by atoms with Crippen molar-refractivity contribution in [2.45, 2.75) is 30.3 Å². The van der Waals surface area contributed by atoms with Crippen LogP contribution < -0.4 is 4.74 Å². The third kappa shape index (κ3) is 3.78. The lowest BCUT2D eigenvalue weighted by Crippen LogP contribution is -2.50. The van der Waals surface area contributed by atoms with Gasteiger partial charge in [-0.25, -0.2) is 0 Å². The van der Waals surface area contributed by atoms with E-state index in [2.05, 4.69) is 31.9 Å². The molecule has 2 aromatic rings. The van der Waals surface area contributed by atoms with E-state index in [0.717, 1.165) is 32.2 Å². The first-order valence-corrected chi connectivity index (χ1v) is 12.2. The van der Waals surface area contributed by atoms with Crippen LogP contribution in [-0.4, -0.2) is 47.6 Å². The number of amides is 2. The maximum Gasteiger partial charge on any atom is 0.246 e. The molecule has 0 radical (unpaired) electrons. The highest BCUT2D eigenvalue weighted by Gasteiger charge is 2.57. The van der Waals surface area contributed by atoms with Crippen LogP contribution in [0.15, 0.2) is 51.4 Å². The summed E-state index contributed by atoms with van der Waals surface area (Å²) < 4.78 is 7.37. The number of carbonyl (C=O) groups excluding carboxylic acids is 2. The van der Waals surface area contributed by atoms with Crippen molar-refractivity contribution < 1.29 is 14.3 Å². The second-order valence-electron chi connectivity index (χ2n) is 7.53. The molecule has 2 aliphatic rings. The molecule has 30 heavy (non-hydrogen) atoms. The molecular formula is C22H22Br2N2O3S. The van der Waals surface area contributed by atoms with Crippen LogP contribution in [0.25, 0.3) is 0 Å². The number of hydrogen-bond donors (Lipinski definition) is 0. The Morgan fingerprint density at radius 1 is 1.23 bits per heavy atom. The second kappa shape index (κ2) is 8.55. The van der Waals surface area contributed by atoms with Crippen molar-refractivity contribution in [3.8, 4) is 5.75 Å². The van der Waals surface area contributed by atoms with Gasteiger partial charge in [-0.2, -0.15) is 0 Å². The number of rotatable bonds is 5. The van der Waals surface area contributed by atoms with Crippen molar-refractivity contribution in [2.75, 3.05) is 19.9 Å². The minimum atomic E-state index is -0.461. The molecule has 0 unspecified atom stereocenters. The third-order valence-electron chi connectivity index (χ3n) is 5.73. The Morgan fingerprint density at radius 2 is 1.93 bits per heavy atom. The van der Waals surface area contributed by atoms with Gasteiger partial charge in [-0.05, 0) is 42.3 Å². The van der Waals surface area contributed by atoms with Crippen LogP contribution in [0.1, 0.15) is 24.0 Å². The number of thioether (sulfide) groups is 1. The molecular weight excluding hydrogens is 532 g/mol. The Labute approximate surface area is 197 Å². The highest BCUT2D eigenvalue weighted by molar-refractivity contribution is 9.10. The van der Waals surface area contributed by atoms with E-state index in [1.165, 1.54) is 0 Å². The first-order valence-electron chi connectivity index (χ1n) is 9.65. The maximum atomic E-state index is 13.4. The van der Waals surface area contributed by atoms with Crippen molar-refractivity contribution >= 4 is 55.4 Å². The van der Waals surface area contributed by atoms with E-state index in [0.29, 0.717) is 18.7 Å². The summed E-state index contributed by atoms with van der Waals surface area (Å²) in [6, 6.07) is 13.4. The van der Waals surface area contributed by atoms with Gasteiger partial charge in [0, 0.05) is 40.3 Å². The predicted molar refractivity (Wildman–Crippen MR) is 125 cm³/mol. The smallest absolute Gasteiger partial charge is 0.246 e. The largest absolute Gasteiger partial charge is 0.496 e. The molecule has 0 N–H and O–H groups in total. The summed E-state index contributed by atoms with van der Waals surface area (Å²) in [6.07, 6.45) is 1.20. The summed E-state index contributed by atoms with van der Waals surface area (Å²) >= 11 is 8.66. The Bertz CT molecular complexity index is 985. The lowest BCUT2D eigenvalue weighted by molar-refractivity contribution is -0.143. The summed E-state index contributed by atoms with van der Waals surface area (Å²) in [5, 5.41) is 0. The Morgan fingerprint density at radius 3 is 2.63 bits per heavy atom. The lowest BCUT2D eigenvalue weighted by Gasteiger charge is -2.35. The monoisotopic (exact) mass is 552 g/mol. The Hall–Kier alpha value is -1.51. The standard InChI is InChI=1S/C22H22Br2N2O3S/c1-25(12-14-11-17(24)7-8-19(14)29-2)21(28)18-13-30-22(10-9-20(27)26(18)22)15-3-5-16(23)6-4-15/h3-8,11,18H,9-10,12-13H2,1-2H3/t18-,22+/m0/s1. The summed E-state index contributed by atoms with van der Waals surface area (Å²) in [7, 11) is 3.41. The van der Waals surface area contributed by atoms with E-state index < -0.39 is 10.9 Å². The fraction of sp³-hybridized carbons (Fsp3) is 0.364. The average molecular weight is 554 g/mol. The van der Waals surface area contributed by atoms with Gasteiger partial charge in [-0.3, -0.25) is 9.59 Å². The van der Waals surface area contributed by atoms with E-state index in [9.17, 15) is 9.59 Å². The Kier molecular flexibility index (Phi) is 6.19. The summed E-state index contributed by atoms with van der Waals surface area (Å²) in [6.45, 7) is 0.413. The molecule has 4 rings (SSSR count). The van der Waals surface area contributed by atoms with Crippen molar-refractivity contribution in [3.63, 3.8) is 0 Å². The van der Waals surface area contributed by atoms with E-state index in [-0.39, 0.29) is 11.8 Å². The van der Waals surface area contributed by atoms with Crippen LogP contribution in [0.3, 0.4) is 0 Å². The lowest BCUT2D eigenvalue weighted by atomic mass is 10.0. The molecule has 158 valence electrons. The molecule has 2 fully saturated rings. The van der Waals surface area contributed by atoms with Gasteiger partial charge < -0.3 is 14.5 Å². The topological polar surface area (TPSA) is 49.9 Å². The number of hydrogen-bond acceptors (Lipinski definition) is 4. The number of halogens is 2. The van der Waals surface area contributed by atoms with Gasteiger partial charge >= 0.3 is 0 Å². The molecule has 2 aliphatic heterocycles. The molecule has 2 saturated heterocycles. The number of carbonyl (C=O) groups is 2. The SMILES string of the molecule is COc1ccc(Br)cc1CN(C)C(=O)[C@@H]1CS[C@@]2(c3ccc(Br)cc3)CCC(=O)N12. The zero-order valence-corrected chi connectivity index (χ0v) is 20.7. The fourth-order valence-electron chi connectivity index (χ4n) is 4.29. The molecule has 8 heteroatoms. The average Bonchev–Trinajstić information content (AvgIpc) is 3.27. The highest BCUT2D eigenvalue weighted by atomic mass is 79.9. The maximum absolute atomic E-state index is 13.4. The van der Waals surface area contributed by atoms with Gasteiger partial charge in [0.1, 0.15) is 16.7 Å². The number of fused-ring (bicyclic) bond motifs is 1. The molecule has 0 aliphatic carbocycles. The molecule has 0 aromatic heterocycles. The van der Waals surface area contributed by atoms with Crippen LogP contribution in [0.5, 0.6) is 5.75 Å². The molecule has 0 bridgehead atoms. The van der Waals surface area contributed by atoms with Crippen molar-refractivity contribution in [1.29, 1.82) is 0 Å². The normalized spacial score (nSPS) is 22.9. The minimum absolute atomic E-state index is 0.0428. The van der Waals surface area contributed by atoms with Crippen LogP contribution >= 0.6 is 43.6 Å². The Balaban J connectivity index is 1.58. The summed E-state index contributed by atoms with van der Waals surface area (Å²) in [4.78, 5) is 29.3. The number of nitrogens with zero attached hydrogens (tertiary/aromatic N) is 2. The molecule has 5 nitrogen and oxygen atoms in total.